The average Bonchev–Trinajstić information content (AvgIpc) is 3.13. The van der Waals surface area contributed by atoms with Crippen LogP contribution in [0.1, 0.15) is 17.0 Å². The SMILES string of the molecule is CN1Cc2cc(-c3cc(-c4noc(C(F)(F)F)n4)ccn3)ncc2CC1=O. The van der Waals surface area contributed by atoms with Crippen LogP contribution in [0, 0.1) is 0 Å². The van der Waals surface area contributed by atoms with E-state index >= 15 is 0 Å². The molecule has 1 aliphatic rings. The Hall–Kier alpha value is -3.30. The van der Waals surface area contributed by atoms with Crippen LogP contribution in [-0.4, -0.2) is 38.0 Å². The fraction of sp³-hybridized carbons (Fsp3) is 0.235. The summed E-state index contributed by atoms with van der Waals surface area (Å²) in [6.07, 6.45) is -1.36. The second kappa shape index (κ2) is 6.15. The molecule has 27 heavy (non-hydrogen) atoms. The Labute approximate surface area is 150 Å². The number of alkyl halides is 3. The molecule has 7 nitrogen and oxygen atoms in total. The molecule has 0 spiro atoms. The summed E-state index contributed by atoms with van der Waals surface area (Å²) in [6.45, 7) is 0.461. The van der Waals surface area contributed by atoms with Crippen LogP contribution in [0.3, 0.4) is 0 Å². The number of likely N-dealkylation sites (N-methyl/N-ethyl adjacent to an activating group) is 1. The molecule has 0 aromatic carbocycles. The molecular weight excluding hydrogens is 363 g/mol. The van der Waals surface area contributed by atoms with E-state index in [-0.39, 0.29) is 18.2 Å². The van der Waals surface area contributed by atoms with Gasteiger partial charge in [-0.15, -0.1) is 0 Å². The Balaban J connectivity index is 1.68. The van der Waals surface area contributed by atoms with E-state index < -0.39 is 12.1 Å². The topological polar surface area (TPSA) is 85.0 Å². The molecule has 138 valence electrons. The van der Waals surface area contributed by atoms with Gasteiger partial charge in [-0.2, -0.15) is 18.2 Å². The molecule has 1 amide bonds. The lowest BCUT2D eigenvalue weighted by molar-refractivity contribution is -0.159. The minimum Gasteiger partial charge on any atom is -0.341 e. The zero-order valence-corrected chi connectivity index (χ0v) is 14.0. The van der Waals surface area contributed by atoms with Gasteiger partial charge in [0.1, 0.15) is 0 Å². The number of carbonyl (C=O) groups is 1. The molecule has 0 saturated heterocycles. The number of halogens is 3. The number of pyridine rings is 2. The molecular formula is C17H12F3N5O2. The summed E-state index contributed by atoms with van der Waals surface area (Å²) in [7, 11) is 1.72. The van der Waals surface area contributed by atoms with Gasteiger partial charge in [-0.05, 0) is 29.3 Å². The van der Waals surface area contributed by atoms with Crippen LogP contribution in [0.15, 0.2) is 35.1 Å². The summed E-state index contributed by atoms with van der Waals surface area (Å²) in [4.78, 5) is 25.3. The highest BCUT2D eigenvalue weighted by molar-refractivity contribution is 5.81. The fourth-order valence-corrected chi connectivity index (χ4v) is 2.78. The normalized spacial score (nSPS) is 14.4. The van der Waals surface area contributed by atoms with Gasteiger partial charge in [-0.1, -0.05) is 5.16 Å². The van der Waals surface area contributed by atoms with Gasteiger partial charge >= 0.3 is 12.1 Å². The largest absolute Gasteiger partial charge is 0.471 e. The predicted molar refractivity (Wildman–Crippen MR) is 85.9 cm³/mol. The molecule has 3 aromatic rings. The van der Waals surface area contributed by atoms with Crippen LogP contribution in [0.5, 0.6) is 0 Å². The predicted octanol–water partition coefficient (Wildman–Crippen LogP) is 2.73. The molecule has 0 N–H and O–H groups in total. The van der Waals surface area contributed by atoms with Crippen molar-refractivity contribution >= 4 is 5.91 Å². The molecule has 0 saturated carbocycles. The molecule has 0 atom stereocenters. The quantitative estimate of drug-likeness (QED) is 0.685. The van der Waals surface area contributed by atoms with Crippen LogP contribution in [-0.2, 0) is 23.9 Å². The third-order valence-electron chi connectivity index (χ3n) is 4.21. The maximum Gasteiger partial charge on any atom is 0.471 e. The van der Waals surface area contributed by atoms with E-state index in [0.717, 1.165) is 11.1 Å². The van der Waals surface area contributed by atoms with Crippen molar-refractivity contribution in [3.63, 3.8) is 0 Å². The van der Waals surface area contributed by atoms with Crippen LogP contribution < -0.4 is 0 Å². The lowest BCUT2D eigenvalue weighted by Crippen LogP contribution is -2.32. The maximum atomic E-state index is 12.6. The molecule has 10 heteroatoms. The highest BCUT2D eigenvalue weighted by Crippen LogP contribution is 2.30. The zero-order valence-electron chi connectivity index (χ0n) is 14.0. The van der Waals surface area contributed by atoms with Gasteiger partial charge in [0.15, 0.2) is 0 Å². The number of hydrogen-bond acceptors (Lipinski definition) is 6. The number of carbonyl (C=O) groups excluding carboxylic acids is 1. The number of hydrogen-bond donors (Lipinski definition) is 0. The summed E-state index contributed by atoms with van der Waals surface area (Å²) in [5, 5.41) is 3.38. The molecule has 1 aliphatic heterocycles. The second-order valence-electron chi connectivity index (χ2n) is 6.12. The van der Waals surface area contributed by atoms with Crippen molar-refractivity contribution in [2.75, 3.05) is 7.05 Å². The number of fused-ring (bicyclic) bond motifs is 1. The molecule has 0 aliphatic carbocycles. The smallest absolute Gasteiger partial charge is 0.341 e. The summed E-state index contributed by atoms with van der Waals surface area (Å²) in [5.74, 6) is -1.57. The minimum absolute atomic E-state index is 0.0229. The van der Waals surface area contributed by atoms with Gasteiger partial charge in [-0.3, -0.25) is 14.8 Å². The first-order valence-corrected chi connectivity index (χ1v) is 7.91. The van der Waals surface area contributed by atoms with Gasteiger partial charge < -0.3 is 9.42 Å². The van der Waals surface area contributed by atoms with E-state index in [0.29, 0.717) is 23.5 Å². The number of amides is 1. The number of rotatable bonds is 2. The third kappa shape index (κ3) is 3.25. The Morgan fingerprint density at radius 2 is 1.93 bits per heavy atom. The van der Waals surface area contributed by atoms with Gasteiger partial charge in [0.05, 0.1) is 17.8 Å². The molecule has 4 heterocycles. The van der Waals surface area contributed by atoms with E-state index in [4.69, 9.17) is 0 Å². The van der Waals surface area contributed by atoms with Gasteiger partial charge in [0.25, 0.3) is 0 Å². The Bertz CT molecular complexity index is 1030. The van der Waals surface area contributed by atoms with Crippen LogP contribution in [0.25, 0.3) is 22.8 Å². The molecule has 0 fully saturated rings. The van der Waals surface area contributed by atoms with Crippen molar-refractivity contribution in [3.05, 3.63) is 47.6 Å². The lowest BCUT2D eigenvalue weighted by Gasteiger charge is -2.25. The van der Waals surface area contributed by atoms with Gasteiger partial charge in [0, 0.05) is 31.5 Å². The minimum atomic E-state index is -4.70. The summed E-state index contributed by atoms with van der Waals surface area (Å²) in [6, 6.07) is 4.85. The van der Waals surface area contributed by atoms with Crippen molar-refractivity contribution in [1.29, 1.82) is 0 Å². The third-order valence-corrected chi connectivity index (χ3v) is 4.21. The van der Waals surface area contributed by atoms with E-state index in [1.165, 1.54) is 18.3 Å². The van der Waals surface area contributed by atoms with E-state index in [1.54, 1.807) is 18.1 Å². The Kier molecular flexibility index (Phi) is 3.90. The highest BCUT2D eigenvalue weighted by atomic mass is 19.4. The van der Waals surface area contributed by atoms with Crippen LogP contribution in [0.4, 0.5) is 13.2 Å². The average molecular weight is 375 g/mol. The maximum absolute atomic E-state index is 12.6. The lowest BCUT2D eigenvalue weighted by atomic mass is 10.0. The fourth-order valence-electron chi connectivity index (χ4n) is 2.78. The number of nitrogens with zero attached hydrogens (tertiary/aromatic N) is 5. The van der Waals surface area contributed by atoms with E-state index in [9.17, 15) is 18.0 Å². The monoisotopic (exact) mass is 375 g/mol. The first-order chi connectivity index (χ1) is 12.8. The van der Waals surface area contributed by atoms with Crippen molar-refractivity contribution in [2.45, 2.75) is 19.1 Å². The number of aromatic nitrogens is 4. The van der Waals surface area contributed by atoms with E-state index in [1.807, 2.05) is 6.07 Å². The highest BCUT2D eigenvalue weighted by Gasteiger charge is 2.38. The Morgan fingerprint density at radius 3 is 2.67 bits per heavy atom. The van der Waals surface area contributed by atoms with E-state index in [2.05, 4.69) is 24.6 Å². The first kappa shape index (κ1) is 17.1. The summed E-state index contributed by atoms with van der Waals surface area (Å²) in [5.41, 5.74) is 3.12. The first-order valence-electron chi connectivity index (χ1n) is 7.91. The van der Waals surface area contributed by atoms with Crippen LogP contribution >= 0.6 is 0 Å². The second-order valence-corrected chi connectivity index (χ2v) is 6.12. The molecule has 0 bridgehead atoms. The molecule has 3 aromatic heterocycles. The van der Waals surface area contributed by atoms with Crippen molar-refractivity contribution < 1.29 is 22.5 Å². The van der Waals surface area contributed by atoms with Crippen molar-refractivity contribution in [3.8, 4) is 22.8 Å². The molecule has 0 unspecified atom stereocenters. The standard InChI is InChI=1S/C17H12F3N5O2/c1-25-8-11-5-13(22-7-10(11)6-14(25)26)12-4-9(2-3-21-12)15-23-16(27-24-15)17(18,19)20/h2-5,7H,6,8H2,1H3. The summed E-state index contributed by atoms with van der Waals surface area (Å²) >= 11 is 0. The Morgan fingerprint density at radius 1 is 1.15 bits per heavy atom. The molecule has 4 rings (SSSR count). The zero-order chi connectivity index (χ0) is 19.2. The van der Waals surface area contributed by atoms with Crippen LogP contribution in [0.2, 0.25) is 0 Å². The van der Waals surface area contributed by atoms with Crippen molar-refractivity contribution in [2.24, 2.45) is 0 Å². The van der Waals surface area contributed by atoms with Gasteiger partial charge in [0.2, 0.25) is 11.7 Å². The van der Waals surface area contributed by atoms with Crippen molar-refractivity contribution in [1.82, 2.24) is 25.0 Å². The molecule has 0 radical (unpaired) electrons. The van der Waals surface area contributed by atoms with Gasteiger partial charge in [-0.25, -0.2) is 0 Å². The summed E-state index contributed by atoms with van der Waals surface area (Å²) < 4.78 is 42.2.